The predicted molar refractivity (Wildman–Crippen MR) is 106 cm³/mol. The van der Waals surface area contributed by atoms with Crippen molar-refractivity contribution in [1.82, 2.24) is 10.2 Å². The number of nitrogens with zero attached hydrogens (tertiary/aromatic N) is 1. The summed E-state index contributed by atoms with van der Waals surface area (Å²) in [5, 5.41) is 2.68. The Morgan fingerprint density at radius 2 is 1.79 bits per heavy atom. The number of hydrogen-bond donors (Lipinski definition) is 1. The molecule has 0 aliphatic carbocycles. The maximum atomic E-state index is 12.9. The molecule has 7 nitrogen and oxygen atoms in total. The van der Waals surface area contributed by atoms with Gasteiger partial charge >= 0.3 is 12.0 Å². The SMILES string of the molecule is CCOc1ccccc1COC(=O)CN1C(=O)N[C@](C)(c2ccc(C)cc2)C1=O. The molecule has 1 atom stereocenters. The lowest BCUT2D eigenvalue weighted by Gasteiger charge is -2.22. The van der Waals surface area contributed by atoms with Gasteiger partial charge in [0.05, 0.1) is 6.61 Å². The molecule has 1 fully saturated rings. The van der Waals surface area contributed by atoms with Gasteiger partial charge in [0.2, 0.25) is 0 Å². The number of esters is 1. The van der Waals surface area contributed by atoms with Crippen molar-refractivity contribution < 1.29 is 23.9 Å². The third-order valence-electron chi connectivity index (χ3n) is 4.85. The van der Waals surface area contributed by atoms with Crippen LogP contribution in [0.5, 0.6) is 5.75 Å². The summed E-state index contributed by atoms with van der Waals surface area (Å²) in [5.74, 6) is -0.532. The maximum Gasteiger partial charge on any atom is 0.326 e. The Kier molecular flexibility index (Phi) is 5.87. The average Bonchev–Trinajstić information content (AvgIpc) is 2.92. The van der Waals surface area contributed by atoms with Crippen molar-refractivity contribution in [2.75, 3.05) is 13.2 Å². The van der Waals surface area contributed by atoms with Gasteiger partial charge in [0.1, 0.15) is 24.4 Å². The summed E-state index contributed by atoms with van der Waals surface area (Å²) in [4.78, 5) is 38.4. The lowest BCUT2D eigenvalue weighted by Crippen LogP contribution is -2.41. The van der Waals surface area contributed by atoms with E-state index in [1.807, 2.05) is 38.1 Å². The highest BCUT2D eigenvalue weighted by molar-refractivity contribution is 6.08. The Bertz CT molecular complexity index is 925. The Morgan fingerprint density at radius 3 is 2.48 bits per heavy atom. The van der Waals surface area contributed by atoms with Crippen LogP contribution in [0.1, 0.15) is 30.5 Å². The molecule has 0 spiro atoms. The molecule has 2 aromatic carbocycles. The molecule has 0 aromatic heterocycles. The number of imide groups is 1. The van der Waals surface area contributed by atoms with Crippen molar-refractivity contribution in [1.29, 1.82) is 0 Å². The second kappa shape index (κ2) is 8.34. The number of hydrogen-bond acceptors (Lipinski definition) is 5. The fraction of sp³-hybridized carbons (Fsp3) is 0.318. The van der Waals surface area contributed by atoms with Crippen LogP contribution in [0.15, 0.2) is 48.5 Å². The van der Waals surface area contributed by atoms with Crippen LogP contribution in [0.25, 0.3) is 0 Å². The first-order chi connectivity index (χ1) is 13.8. The van der Waals surface area contributed by atoms with E-state index < -0.39 is 30.0 Å². The van der Waals surface area contributed by atoms with Crippen molar-refractivity contribution in [3.05, 3.63) is 65.2 Å². The number of para-hydroxylation sites is 1. The largest absolute Gasteiger partial charge is 0.493 e. The molecule has 152 valence electrons. The lowest BCUT2D eigenvalue weighted by atomic mass is 9.91. The number of urea groups is 1. The molecule has 29 heavy (non-hydrogen) atoms. The Morgan fingerprint density at radius 1 is 1.10 bits per heavy atom. The van der Waals surface area contributed by atoms with Gasteiger partial charge in [0.15, 0.2) is 0 Å². The van der Waals surface area contributed by atoms with Gasteiger partial charge in [-0.05, 0) is 32.4 Å². The Labute approximate surface area is 169 Å². The van der Waals surface area contributed by atoms with E-state index in [2.05, 4.69) is 5.32 Å². The van der Waals surface area contributed by atoms with E-state index in [0.717, 1.165) is 10.5 Å². The second-order valence-electron chi connectivity index (χ2n) is 7.01. The third-order valence-corrected chi connectivity index (χ3v) is 4.85. The highest BCUT2D eigenvalue weighted by atomic mass is 16.5. The van der Waals surface area contributed by atoms with E-state index in [4.69, 9.17) is 9.47 Å². The molecule has 0 unspecified atom stereocenters. The topological polar surface area (TPSA) is 84.9 Å². The number of carbonyl (C=O) groups excluding carboxylic acids is 3. The van der Waals surface area contributed by atoms with Gasteiger partial charge in [-0.2, -0.15) is 0 Å². The number of carbonyl (C=O) groups is 3. The molecule has 3 rings (SSSR count). The zero-order valence-corrected chi connectivity index (χ0v) is 16.7. The monoisotopic (exact) mass is 396 g/mol. The van der Waals surface area contributed by atoms with Gasteiger partial charge in [0.25, 0.3) is 5.91 Å². The average molecular weight is 396 g/mol. The molecule has 0 saturated carbocycles. The van der Waals surface area contributed by atoms with E-state index in [1.54, 1.807) is 31.2 Å². The van der Waals surface area contributed by atoms with Crippen LogP contribution in [0.3, 0.4) is 0 Å². The van der Waals surface area contributed by atoms with Gasteiger partial charge < -0.3 is 14.8 Å². The number of rotatable bonds is 7. The van der Waals surface area contributed by atoms with E-state index in [1.165, 1.54) is 0 Å². The smallest absolute Gasteiger partial charge is 0.326 e. The highest BCUT2D eigenvalue weighted by Crippen LogP contribution is 2.29. The summed E-state index contributed by atoms with van der Waals surface area (Å²) in [7, 11) is 0. The van der Waals surface area contributed by atoms with Crippen LogP contribution in [0.2, 0.25) is 0 Å². The number of benzene rings is 2. The number of amides is 3. The van der Waals surface area contributed by atoms with Crippen molar-refractivity contribution >= 4 is 17.9 Å². The maximum absolute atomic E-state index is 12.9. The third kappa shape index (κ3) is 4.23. The van der Waals surface area contributed by atoms with Crippen LogP contribution in [-0.2, 0) is 26.5 Å². The van der Waals surface area contributed by atoms with Crippen molar-refractivity contribution in [2.45, 2.75) is 32.9 Å². The molecular weight excluding hydrogens is 372 g/mol. The fourth-order valence-electron chi connectivity index (χ4n) is 3.18. The van der Waals surface area contributed by atoms with Crippen molar-refractivity contribution in [3.63, 3.8) is 0 Å². The summed E-state index contributed by atoms with van der Waals surface area (Å²) in [6, 6.07) is 13.9. The second-order valence-corrected chi connectivity index (χ2v) is 7.01. The fourth-order valence-corrected chi connectivity index (χ4v) is 3.18. The van der Waals surface area contributed by atoms with E-state index in [0.29, 0.717) is 23.5 Å². The Balaban J connectivity index is 1.66. The summed E-state index contributed by atoms with van der Waals surface area (Å²) in [5.41, 5.74) is 1.20. The molecule has 7 heteroatoms. The predicted octanol–water partition coefficient (Wildman–Crippen LogP) is 2.90. The van der Waals surface area contributed by atoms with Crippen molar-refractivity contribution in [3.8, 4) is 5.75 Å². The number of nitrogens with one attached hydrogen (secondary N) is 1. The van der Waals surface area contributed by atoms with E-state index >= 15 is 0 Å². The summed E-state index contributed by atoms with van der Waals surface area (Å²) in [6.45, 7) is 5.46. The standard InChI is InChI=1S/C22H24N2O5/c1-4-28-18-8-6-5-7-16(18)14-29-19(25)13-24-20(26)22(3,23-21(24)27)17-11-9-15(2)10-12-17/h5-12H,4,13-14H2,1-3H3,(H,23,27)/t22-/m1/s1. The normalized spacial score (nSPS) is 18.5. The molecule has 3 amide bonds. The molecule has 0 radical (unpaired) electrons. The number of ether oxygens (including phenoxy) is 2. The minimum Gasteiger partial charge on any atom is -0.493 e. The highest BCUT2D eigenvalue weighted by Gasteiger charge is 2.49. The van der Waals surface area contributed by atoms with Crippen LogP contribution in [0.4, 0.5) is 4.79 Å². The Hall–Kier alpha value is -3.35. The molecule has 0 bridgehead atoms. The lowest BCUT2D eigenvalue weighted by molar-refractivity contribution is -0.148. The molecule has 2 aromatic rings. The van der Waals surface area contributed by atoms with Crippen LogP contribution >= 0.6 is 0 Å². The number of aryl methyl sites for hydroxylation is 1. The first-order valence-electron chi connectivity index (χ1n) is 9.42. The first-order valence-corrected chi connectivity index (χ1v) is 9.42. The van der Waals surface area contributed by atoms with E-state index in [9.17, 15) is 14.4 Å². The summed E-state index contributed by atoms with van der Waals surface area (Å²) < 4.78 is 10.8. The van der Waals surface area contributed by atoms with Crippen LogP contribution in [-0.4, -0.2) is 36.0 Å². The quantitative estimate of drug-likeness (QED) is 0.575. The molecule has 1 N–H and O–H groups in total. The summed E-state index contributed by atoms with van der Waals surface area (Å²) >= 11 is 0. The summed E-state index contributed by atoms with van der Waals surface area (Å²) in [6.07, 6.45) is 0. The van der Waals surface area contributed by atoms with Crippen molar-refractivity contribution in [2.24, 2.45) is 0 Å². The molecular formula is C22H24N2O5. The molecule has 1 aliphatic rings. The van der Waals surface area contributed by atoms with E-state index in [-0.39, 0.29) is 6.61 Å². The minimum atomic E-state index is -1.22. The van der Waals surface area contributed by atoms with Crippen LogP contribution < -0.4 is 10.1 Å². The van der Waals surface area contributed by atoms with Gasteiger partial charge in [-0.3, -0.25) is 14.5 Å². The molecule has 1 aliphatic heterocycles. The van der Waals surface area contributed by atoms with Gasteiger partial charge in [-0.1, -0.05) is 48.0 Å². The van der Waals surface area contributed by atoms with Crippen LogP contribution in [0, 0.1) is 6.92 Å². The van der Waals surface area contributed by atoms with Gasteiger partial charge in [-0.25, -0.2) is 4.79 Å². The molecule has 1 saturated heterocycles. The minimum absolute atomic E-state index is 0.00607. The van der Waals surface area contributed by atoms with Gasteiger partial charge in [0, 0.05) is 5.56 Å². The van der Waals surface area contributed by atoms with Gasteiger partial charge in [-0.15, -0.1) is 0 Å². The zero-order valence-electron chi connectivity index (χ0n) is 16.7. The first kappa shape index (κ1) is 20.4. The zero-order chi connectivity index (χ0) is 21.0. The molecule has 1 heterocycles.